The van der Waals surface area contributed by atoms with E-state index in [4.69, 9.17) is 23.2 Å². The Bertz CT molecular complexity index is 745. The van der Waals surface area contributed by atoms with Gasteiger partial charge in [0.25, 0.3) is 0 Å². The molecule has 0 spiro atoms. The maximum Gasteiger partial charge on any atom is 0.226 e. The van der Waals surface area contributed by atoms with E-state index in [0.29, 0.717) is 15.7 Å². The third-order valence-corrected chi connectivity index (χ3v) is 4.01. The Morgan fingerprint density at radius 2 is 1.67 bits per heavy atom. The summed E-state index contributed by atoms with van der Waals surface area (Å²) in [5, 5.41) is 4.00. The molecule has 0 aliphatic heterocycles. The summed E-state index contributed by atoms with van der Waals surface area (Å²) in [5.41, 5.74) is 2.31. The minimum atomic E-state index is -0.171. The van der Waals surface area contributed by atoms with Crippen molar-refractivity contribution in [2.24, 2.45) is 0 Å². The average molecular weight is 365 g/mol. The second-order valence-electron chi connectivity index (χ2n) is 5.41. The Hall–Kier alpha value is -2.04. The lowest BCUT2D eigenvalue weighted by Crippen LogP contribution is -2.32. The number of aryl methyl sites for hydroxylation is 1. The third kappa shape index (κ3) is 4.98. The van der Waals surface area contributed by atoms with Gasteiger partial charge in [-0.05, 0) is 55.0 Å². The maximum atomic E-state index is 12.1. The largest absolute Gasteiger partial charge is 0.326 e. The zero-order chi connectivity index (χ0) is 17.7. The van der Waals surface area contributed by atoms with Gasteiger partial charge in [0.1, 0.15) is 0 Å². The molecule has 0 saturated heterocycles. The predicted molar refractivity (Wildman–Crippen MR) is 98.9 cm³/mol. The number of carbonyl (C=O) groups is 2. The molecule has 0 aliphatic carbocycles. The number of halogens is 2. The van der Waals surface area contributed by atoms with Crippen LogP contribution in [0.4, 0.5) is 11.4 Å². The number of anilines is 2. The van der Waals surface area contributed by atoms with Gasteiger partial charge in [0.15, 0.2) is 0 Å². The van der Waals surface area contributed by atoms with Crippen molar-refractivity contribution >= 4 is 46.4 Å². The van der Waals surface area contributed by atoms with Crippen LogP contribution in [-0.2, 0) is 9.59 Å². The smallest absolute Gasteiger partial charge is 0.226 e. The summed E-state index contributed by atoms with van der Waals surface area (Å²) < 4.78 is 0. The molecule has 0 aromatic heterocycles. The predicted octanol–water partition coefficient (Wildman–Crippen LogP) is 4.68. The molecule has 126 valence electrons. The zero-order valence-corrected chi connectivity index (χ0v) is 15.0. The van der Waals surface area contributed by atoms with E-state index in [-0.39, 0.29) is 24.8 Å². The highest BCUT2D eigenvalue weighted by Crippen LogP contribution is 2.24. The normalized spacial score (nSPS) is 10.3. The first-order valence-electron chi connectivity index (χ1n) is 7.46. The topological polar surface area (TPSA) is 49.4 Å². The Morgan fingerprint density at radius 1 is 1.04 bits per heavy atom. The molecule has 0 saturated carbocycles. The van der Waals surface area contributed by atoms with E-state index in [1.54, 1.807) is 47.4 Å². The number of nitrogens with zero attached hydrogens (tertiary/aromatic N) is 1. The summed E-state index contributed by atoms with van der Waals surface area (Å²) >= 11 is 11.8. The van der Waals surface area contributed by atoms with Gasteiger partial charge in [0.2, 0.25) is 11.8 Å². The molecule has 0 bridgehead atoms. The van der Waals surface area contributed by atoms with Crippen LogP contribution in [0.1, 0.15) is 18.9 Å². The van der Waals surface area contributed by atoms with Crippen LogP contribution in [0.5, 0.6) is 0 Å². The van der Waals surface area contributed by atoms with Crippen molar-refractivity contribution < 1.29 is 9.59 Å². The summed E-state index contributed by atoms with van der Waals surface area (Å²) in [7, 11) is 0. The van der Waals surface area contributed by atoms with Crippen LogP contribution in [0.2, 0.25) is 10.0 Å². The van der Waals surface area contributed by atoms with Gasteiger partial charge in [-0.3, -0.25) is 9.59 Å². The van der Waals surface area contributed by atoms with E-state index < -0.39 is 0 Å². The summed E-state index contributed by atoms with van der Waals surface area (Å²) in [4.78, 5) is 25.6. The third-order valence-electron chi connectivity index (χ3n) is 3.52. The SMILES string of the molecule is CC(=O)N(CCC(=O)Nc1ccc(Cl)cc1)c1ccc(Cl)cc1C. The van der Waals surface area contributed by atoms with Gasteiger partial charge in [-0.1, -0.05) is 23.2 Å². The van der Waals surface area contributed by atoms with Crippen LogP contribution >= 0.6 is 23.2 Å². The lowest BCUT2D eigenvalue weighted by atomic mass is 10.1. The zero-order valence-electron chi connectivity index (χ0n) is 13.5. The Kier molecular flexibility index (Phi) is 6.23. The summed E-state index contributed by atoms with van der Waals surface area (Å²) in [5.74, 6) is -0.296. The minimum Gasteiger partial charge on any atom is -0.326 e. The molecule has 1 N–H and O–H groups in total. The van der Waals surface area contributed by atoms with Crippen LogP contribution in [-0.4, -0.2) is 18.4 Å². The quantitative estimate of drug-likeness (QED) is 0.836. The molecule has 2 amide bonds. The number of hydrogen-bond donors (Lipinski definition) is 1. The Labute approximate surface area is 151 Å². The molecular weight excluding hydrogens is 347 g/mol. The van der Waals surface area contributed by atoms with Gasteiger partial charge in [-0.15, -0.1) is 0 Å². The van der Waals surface area contributed by atoms with Crippen molar-refractivity contribution in [2.75, 3.05) is 16.8 Å². The lowest BCUT2D eigenvalue weighted by Gasteiger charge is -2.23. The highest BCUT2D eigenvalue weighted by atomic mass is 35.5. The fourth-order valence-electron chi connectivity index (χ4n) is 2.34. The molecule has 24 heavy (non-hydrogen) atoms. The van der Waals surface area contributed by atoms with Gasteiger partial charge < -0.3 is 10.2 Å². The van der Waals surface area contributed by atoms with Crippen molar-refractivity contribution in [3.05, 3.63) is 58.1 Å². The molecule has 2 rings (SSSR count). The molecule has 0 aliphatic rings. The van der Waals surface area contributed by atoms with E-state index in [1.165, 1.54) is 6.92 Å². The summed E-state index contributed by atoms with van der Waals surface area (Å²) in [6.45, 7) is 3.65. The molecule has 0 heterocycles. The van der Waals surface area contributed by atoms with E-state index in [9.17, 15) is 9.59 Å². The molecule has 6 heteroatoms. The van der Waals surface area contributed by atoms with Crippen molar-refractivity contribution in [3.8, 4) is 0 Å². The maximum absolute atomic E-state index is 12.1. The highest BCUT2D eigenvalue weighted by molar-refractivity contribution is 6.31. The van der Waals surface area contributed by atoms with Crippen molar-refractivity contribution in [2.45, 2.75) is 20.3 Å². The molecule has 0 fully saturated rings. The van der Waals surface area contributed by atoms with Crippen LogP contribution in [0.3, 0.4) is 0 Å². The molecule has 0 atom stereocenters. The van der Waals surface area contributed by atoms with Crippen molar-refractivity contribution in [1.29, 1.82) is 0 Å². The first-order valence-corrected chi connectivity index (χ1v) is 8.22. The Morgan fingerprint density at radius 3 is 2.25 bits per heavy atom. The fourth-order valence-corrected chi connectivity index (χ4v) is 2.69. The lowest BCUT2D eigenvalue weighted by molar-refractivity contribution is -0.117. The van der Waals surface area contributed by atoms with E-state index in [0.717, 1.165) is 11.3 Å². The second-order valence-corrected chi connectivity index (χ2v) is 6.28. The highest BCUT2D eigenvalue weighted by Gasteiger charge is 2.15. The van der Waals surface area contributed by atoms with Gasteiger partial charge >= 0.3 is 0 Å². The number of amides is 2. The first-order chi connectivity index (χ1) is 11.4. The standard InChI is InChI=1S/C18H18Cl2N2O2/c1-12-11-15(20)5-8-17(12)22(13(2)23)10-9-18(24)21-16-6-3-14(19)4-7-16/h3-8,11H,9-10H2,1-2H3,(H,21,24). The van der Waals surface area contributed by atoms with Crippen molar-refractivity contribution in [1.82, 2.24) is 0 Å². The van der Waals surface area contributed by atoms with Gasteiger partial charge in [-0.25, -0.2) is 0 Å². The van der Waals surface area contributed by atoms with Crippen LogP contribution in [0.15, 0.2) is 42.5 Å². The molecule has 2 aromatic rings. The van der Waals surface area contributed by atoms with E-state index >= 15 is 0 Å². The summed E-state index contributed by atoms with van der Waals surface area (Å²) in [6, 6.07) is 12.2. The second kappa shape index (κ2) is 8.18. The molecule has 4 nitrogen and oxygen atoms in total. The Balaban J connectivity index is 2.02. The molecule has 0 unspecified atom stereocenters. The number of nitrogens with one attached hydrogen (secondary N) is 1. The molecule has 0 radical (unpaired) electrons. The van der Waals surface area contributed by atoms with Gasteiger partial charge in [-0.2, -0.15) is 0 Å². The average Bonchev–Trinajstić information content (AvgIpc) is 2.51. The first kappa shape index (κ1) is 18.3. The van der Waals surface area contributed by atoms with Crippen LogP contribution < -0.4 is 10.2 Å². The molecular formula is C18H18Cl2N2O2. The number of benzene rings is 2. The summed E-state index contributed by atoms with van der Waals surface area (Å²) in [6.07, 6.45) is 0.185. The number of carbonyl (C=O) groups excluding carboxylic acids is 2. The van der Waals surface area contributed by atoms with Gasteiger partial charge in [0, 0.05) is 41.3 Å². The van der Waals surface area contributed by atoms with Crippen LogP contribution in [0, 0.1) is 6.92 Å². The molecule has 2 aromatic carbocycles. The minimum absolute atomic E-state index is 0.125. The van der Waals surface area contributed by atoms with Crippen molar-refractivity contribution in [3.63, 3.8) is 0 Å². The van der Waals surface area contributed by atoms with Gasteiger partial charge in [0.05, 0.1) is 0 Å². The fraction of sp³-hybridized carbons (Fsp3) is 0.222. The number of hydrogen-bond acceptors (Lipinski definition) is 2. The van der Waals surface area contributed by atoms with E-state index in [1.807, 2.05) is 6.92 Å². The van der Waals surface area contributed by atoms with Crippen LogP contribution in [0.25, 0.3) is 0 Å². The monoisotopic (exact) mass is 364 g/mol. The number of rotatable bonds is 5. The van der Waals surface area contributed by atoms with E-state index in [2.05, 4.69) is 5.32 Å².